The number of rotatable bonds is 8. The van der Waals surface area contributed by atoms with Crippen molar-refractivity contribution >= 4 is 17.5 Å². The highest BCUT2D eigenvalue weighted by atomic mass is 16.5. The van der Waals surface area contributed by atoms with Crippen LogP contribution >= 0.6 is 0 Å². The SMILES string of the molecule is COc1ccc(C(C(=O)NC2CCCC2)N(C(=O)c2ccoc2C)c2ccccc2)c(OC)c1. The number of carbonyl (C=O) groups is 2. The summed E-state index contributed by atoms with van der Waals surface area (Å²) in [5, 5.41) is 3.18. The number of aryl methyl sites for hydroxylation is 1. The molecule has 1 fully saturated rings. The molecule has 0 saturated heterocycles. The zero-order valence-corrected chi connectivity index (χ0v) is 19.7. The van der Waals surface area contributed by atoms with Crippen LogP contribution in [0.15, 0.2) is 65.3 Å². The Bertz CT molecular complexity index is 1130. The van der Waals surface area contributed by atoms with Crippen LogP contribution in [0, 0.1) is 6.92 Å². The van der Waals surface area contributed by atoms with Crippen LogP contribution in [0.1, 0.15) is 53.4 Å². The van der Waals surface area contributed by atoms with Gasteiger partial charge in [0.05, 0.1) is 26.0 Å². The number of methoxy groups -OCH3 is 2. The summed E-state index contributed by atoms with van der Waals surface area (Å²) < 4.78 is 16.4. The van der Waals surface area contributed by atoms with Gasteiger partial charge in [0.2, 0.25) is 5.91 Å². The molecule has 2 amide bonds. The van der Waals surface area contributed by atoms with E-state index < -0.39 is 6.04 Å². The van der Waals surface area contributed by atoms with Gasteiger partial charge in [-0.2, -0.15) is 0 Å². The Morgan fingerprint density at radius 1 is 1.03 bits per heavy atom. The molecule has 1 aliphatic carbocycles. The minimum atomic E-state index is -0.967. The summed E-state index contributed by atoms with van der Waals surface area (Å²) in [4.78, 5) is 29.3. The molecule has 1 N–H and O–H groups in total. The predicted octanol–water partition coefficient (Wildman–Crippen LogP) is 5.05. The van der Waals surface area contributed by atoms with Gasteiger partial charge in [0, 0.05) is 23.4 Å². The van der Waals surface area contributed by atoms with Gasteiger partial charge in [0.25, 0.3) is 5.91 Å². The number of para-hydroxylation sites is 1. The Morgan fingerprint density at radius 3 is 2.38 bits per heavy atom. The van der Waals surface area contributed by atoms with E-state index >= 15 is 0 Å². The Hall–Kier alpha value is -3.74. The fourth-order valence-electron chi connectivity index (χ4n) is 4.50. The minimum absolute atomic E-state index is 0.0858. The standard InChI is InChI=1S/C27H30N2O5/c1-18-22(15-16-34-18)27(31)29(20-11-5-4-6-12-20)25(26(30)28-19-9-7-8-10-19)23-14-13-21(32-2)17-24(23)33-3/h4-6,11-17,19,25H,7-10H2,1-3H3,(H,28,30). The van der Waals surface area contributed by atoms with Gasteiger partial charge in [-0.3, -0.25) is 14.5 Å². The van der Waals surface area contributed by atoms with Crippen LogP contribution in [0.25, 0.3) is 0 Å². The quantitative estimate of drug-likeness (QED) is 0.507. The molecule has 2 aromatic carbocycles. The second-order valence-electron chi connectivity index (χ2n) is 8.40. The van der Waals surface area contributed by atoms with Crippen LogP contribution in [-0.2, 0) is 4.79 Å². The molecular formula is C27H30N2O5. The van der Waals surface area contributed by atoms with Gasteiger partial charge in [0.1, 0.15) is 23.3 Å². The molecule has 34 heavy (non-hydrogen) atoms. The van der Waals surface area contributed by atoms with E-state index in [0.29, 0.717) is 34.1 Å². The van der Waals surface area contributed by atoms with Crippen LogP contribution in [0.3, 0.4) is 0 Å². The molecule has 7 heteroatoms. The highest BCUT2D eigenvalue weighted by Gasteiger charge is 2.37. The molecule has 1 atom stereocenters. The maximum Gasteiger partial charge on any atom is 0.262 e. The van der Waals surface area contributed by atoms with E-state index in [4.69, 9.17) is 13.9 Å². The molecule has 0 spiro atoms. The lowest BCUT2D eigenvalue weighted by Gasteiger charge is -2.33. The molecule has 1 unspecified atom stereocenters. The summed E-state index contributed by atoms with van der Waals surface area (Å²) in [5.74, 6) is 0.959. The molecule has 1 aromatic heterocycles. The zero-order valence-electron chi connectivity index (χ0n) is 19.7. The molecule has 178 valence electrons. The number of hydrogen-bond acceptors (Lipinski definition) is 5. The maximum atomic E-state index is 13.9. The molecule has 0 bridgehead atoms. The second-order valence-corrected chi connectivity index (χ2v) is 8.40. The van der Waals surface area contributed by atoms with Crippen molar-refractivity contribution in [2.24, 2.45) is 0 Å². The van der Waals surface area contributed by atoms with Crippen molar-refractivity contribution in [3.63, 3.8) is 0 Å². The maximum absolute atomic E-state index is 13.9. The van der Waals surface area contributed by atoms with Gasteiger partial charge in [0.15, 0.2) is 0 Å². The van der Waals surface area contributed by atoms with Crippen molar-refractivity contribution in [1.29, 1.82) is 0 Å². The molecule has 1 saturated carbocycles. The number of ether oxygens (including phenoxy) is 2. The third kappa shape index (κ3) is 4.78. The summed E-state index contributed by atoms with van der Waals surface area (Å²) in [5.41, 5.74) is 1.56. The molecule has 1 heterocycles. The average molecular weight is 463 g/mol. The lowest BCUT2D eigenvalue weighted by Crippen LogP contribution is -2.46. The summed E-state index contributed by atoms with van der Waals surface area (Å²) in [6.07, 6.45) is 5.50. The van der Waals surface area contributed by atoms with Gasteiger partial charge >= 0.3 is 0 Å². The van der Waals surface area contributed by atoms with E-state index in [-0.39, 0.29) is 17.9 Å². The Balaban J connectivity index is 1.87. The van der Waals surface area contributed by atoms with Crippen LogP contribution in [0.5, 0.6) is 11.5 Å². The largest absolute Gasteiger partial charge is 0.497 e. The van der Waals surface area contributed by atoms with E-state index in [0.717, 1.165) is 25.7 Å². The monoisotopic (exact) mass is 462 g/mol. The smallest absolute Gasteiger partial charge is 0.262 e. The Morgan fingerprint density at radius 2 is 1.76 bits per heavy atom. The minimum Gasteiger partial charge on any atom is -0.497 e. The molecular weight excluding hydrogens is 432 g/mol. The Labute approximate surface area is 199 Å². The van der Waals surface area contributed by atoms with Crippen molar-refractivity contribution in [2.75, 3.05) is 19.1 Å². The molecule has 7 nitrogen and oxygen atoms in total. The number of amides is 2. The normalized spacial score (nSPS) is 14.4. The first kappa shape index (κ1) is 23.4. The van der Waals surface area contributed by atoms with Crippen LogP contribution in [0.2, 0.25) is 0 Å². The summed E-state index contributed by atoms with van der Waals surface area (Å²) >= 11 is 0. The molecule has 1 aliphatic rings. The fraction of sp³-hybridized carbons (Fsp3) is 0.333. The van der Waals surface area contributed by atoms with E-state index in [2.05, 4.69) is 5.32 Å². The van der Waals surface area contributed by atoms with E-state index in [1.807, 2.05) is 30.3 Å². The van der Waals surface area contributed by atoms with Gasteiger partial charge in [-0.1, -0.05) is 31.0 Å². The number of furan rings is 1. The zero-order chi connectivity index (χ0) is 24.1. The molecule has 0 radical (unpaired) electrons. The number of carbonyl (C=O) groups excluding carboxylic acids is 2. The summed E-state index contributed by atoms with van der Waals surface area (Å²) in [6, 6.07) is 15.2. The number of benzene rings is 2. The van der Waals surface area contributed by atoms with Gasteiger partial charge in [-0.05, 0) is 50.1 Å². The number of anilines is 1. The average Bonchev–Trinajstić information content (AvgIpc) is 3.53. The first-order chi connectivity index (χ1) is 16.5. The third-order valence-corrected chi connectivity index (χ3v) is 6.29. The molecule has 0 aliphatic heterocycles. The number of nitrogens with zero attached hydrogens (tertiary/aromatic N) is 1. The third-order valence-electron chi connectivity index (χ3n) is 6.29. The van der Waals surface area contributed by atoms with Gasteiger partial charge in [-0.25, -0.2) is 0 Å². The topological polar surface area (TPSA) is 81.0 Å². The fourth-order valence-corrected chi connectivity index (χ4v) is 4.50. The van der Waals surface area contributed by atoms with Crippen LogP contribution < -0.4 is 19.7 Å². The van der Waals surface area contributed by atoms with Crippen molar-refractivity contribution in [2.45, 2.75) is 44.7 Å². The van der Waals surface area contributed by atoms with E-state index in [1.165, 1.54) is 11.2 Å². The van der Waals surface area contributed by atoms with E-state index in [9.17, 15) is 9.59 Å². The lowest BCUT2D eigenvalue weighted by molar-refractivity contribution is -0.123. The second kappa shape index (κ2) is 10.5. The Kier molecular flexibility index (Phi) is 7.21. The summed E-state index contributed by atoms with van der Waals surface area (Å²) in [6.45, 7) is 1.73. The van der Waals surface area contributed by atoms with Gasteiger partial charge < -0.3 is 19.2 Å². The highest BCUT2D eigenvalue weighted by Crippen LogP contribution is 2.37. The predicted molar refractivity (Wildman–Crippen MR) is 129 cm³/mol. The van der Waals surface area contributed by atoms with Crippen molar-refractivity contribution < 1.29 is 23.5 Å². The summed E-state index contributed by atoms with van der Waals surface area (Å²) in [7, 11) is 3.11. The molecule has 4 rings (SSSR count). The van der Waals surface area contributed by atoms with Crippen LogP contribution in [0.4, 0.5) is 5.69 Å². The van der Waals surface area contributed by atoms with Gasteiger partial charge in [-0.15, -0.1) is 0 Å². The first-order valence-electron chi connectivity index (χ1n) is 11.5. The van der Waals surface area contributed by atoms with Crippen molar-refractivity contribution in [3.8, 4) is 11.5 Å². The van der Waals surface area contributed by atoms with Crippen LogP contribution in [-0.4, -0.2) is 32.1 Å². The first-order valence-corrected chi connectivity index (χ1v) is 11.5. The van der Waals surface area contributed by atoms with Crippen molar-refractivity contribution in [3.05, 3.63) is 77.7 Å². The molecule has 3 aromatic rings. The van der Waals surface area contributed by atoms with Crippen molar-refractivity contribution in [1.82, 2.24) is 5.32 Å². The number of hydrogen-bond donors (Lipinski definition) is 1. The van der Waals surface area contributed by atoms with E-state index in [1.54, 1.807) is 45.4 Å². The number of nitrogens with one attached hydrogen (secondary N) is 1. The highest BCUT2D eigenvalue weighted by molar-refractivity contribution is 6.10. The lowest BCUT2D eigenvalue weighted by atomic mass is 9.99.